The van der Waals surface area contributed by atoms with Gasteiger partial charge in [0.2, 0.25) is 0 Å². The lowest BCUT2D eigenvalue weighted by Crippen LogP contribution is -2.29. The number of hydrogen-bond donors (Lipinski definition) is 1. The quantitative estimate of drug-likeness (QED) is 0.720. The molecule has 2 fully saturated rings. The second kappa shape index (κ2) is 4.28. The second-order valence-corrected chi connectivity index (χ2v) is 4.06. The van der Waals surface area contributed by atoms with Crippen LogP contribution in [0.4, 0.5) is 0 Å². The van der Waals surface area contributed by atoms with Gasteiger partial charge in [0.1, 0.15) is 0 Å². The van der Waals surface area contributed by atoms with E-state index in [1.807, 2.05) is 0 Å². The van der Waals surface area contributed by atoms with Crippen molar-refractivity contribution in [1.82, 2.24) is 0 Å². The Balaban J connectivity index is 1.73. The summed E-state index contributed by atoms with van der Waals surface area (Å²) in [6, 6.07) is 0. The largest absolute Gasteiger partial charge is 0.479 e. The Morgan fingerprint density at radius 2 is 2.29 bits per heavy atom. The van der Waals surface area contributed by atoms with Gasteiger partial charge in [-0.2, -0.15) is 0 Å². The Labute approximate surface area is 83.2 Å². The molecule has 1 aliphatic heterocycles. The Morgan fingerprint density at radius 3 is 2.79 bits per heavy atom. The van der Waals surface area contributed by atoms with Crippen molar-refractivity contribution >= 4 is 5.97 Å². The number of carbonyl (C=O) groups is 1. The van der Waals surface area contributed by atoms with E-state index in [1.165, 1.54) is 0 Å². The number of rotatable bonds is 5. The zero-order valence-electron chi connectivity index (χ0n) is 8.15. The van der Waals surface area contributed by atoms with Gasteiger partial charge in [-0.25, -0.2) is 4.79 Å². The molecule has 1 saturated carbocycles. The van der Waals surface area contributed by atoms with Crippen LogP contribution in [-0.4, -0.2) is 36.5 Å². The molecule has 4 heteroatoms. The Morgan fingerprint density at radius 1 is 1.50 bits per heavy atom. The van der Waals surface area contributed by atoms with Gasteiger partial charge >= 0.3 is 5.97 Å². The predicted octanol–water partition coefficient (Wildman–Crippen LogP) is 1.05. The van der Waals surface area contributed by atoms with Gasteiger partial charge in [-0.3, -0.25) is 0 Å². The molecule has 2 atom stereocenters. The lowest BCUT2D eigenvalue weighted by atomic mass is 10.2. The third-order valence-electron chi connectivity index (χ3n) is 2.78. The van der Waals surface area contributed by atoms with Crippen LogP contribution >= 0.6 is 0 Å². The molecule has 14 heavy (non-hydrogen) atoms. The van der Waals surface area contributed by atoms with Crippen LogP contribution in [0.1, 0.15) is 25.7 Å². The third kappa shape index (κ3) is 2.45. The van der Waals surface area contributed by atoms with E-state index >= 15 is 0 Å². The fraction of sp³-hybridized carbons (Fsp3) is 0.900. The average Bonchev–Trinajstić information content (AvgIpc) is 2.82. The Bertz CT molecular complexity index is 206. The lowest BCUT2D eigenvalue weighted by Gasteiger charge is -2.15. The molecule has 0 aromatic carbocycles. The van der Waals surface area contributed by atoms with Crippen molar-refractivity contribution in [2.24, 2.45) is 5.92 Å². The molecule has 0 radical (unpaired) electrons. The van der Waals surface area contributed by atoms with Gasteiger partial charge in [-0.1, -0.05) is 0 Å². The fourth-order valence-corrected chi connectivity index (χ4v) is 1.79. The van der Waals surface area contributed by atoms with E-state index in [1.54, 1.807) is 0 Å². The minimum absolute atomic E-state index is 0.121. The van der Waals surface area contributed by atoms with Crippen molar-refractivity contribution in [3.63, 3.8) is 0 Å². The minimum atomic E-state index is -0.828. The van der Waals surface area contributed by atoms with Crippen LogP contribution in [0.3, 0.4) is 0 Å². The summed E-state index contributed by atoms with van der Waals surface area (Å²) in [7, 11) is 0. The van der Waals surface area contributed by atoms with Gasteiger partial charge < -0.3 is 14.6 Å². The van der Waals surface area contributed by atoms with Crippen LogP contribution in [0.15, 0.2) is 0 Å². The van der Waals surface area contributed by atoms with E-state index in [0.29, 0.717) is 6.61 Å². The molecular weight excluding hydrogens is 184 g/mol. The molecule has 1 heterocycles. The number of carboxylic acids is 1. The summed E-state index contributed by atoms with van der Waals surface area (Å²) in [6.45, 7) is 1.22. The summed E-state index contributed by atoms with van der Waals surface area (Å²) in [4.78, 5) is 10.8. The summed E-state index contributed by atoms with van der Waals surface area (Å²) in [5, 5.41) is 8.89. The summed E-state index contributed by atoms with van der Waals surface area (Å²) in [5.74, 6) is -0.584. The summed E-state index contributed by atoms with van der Waals surface area (Å²) in [5.41, 5.74) is 0. The van der Waals surface area contributed by atoms with Crippen LogP contribution in [0.25, 0.3) is 0 Å². The first kappa shape index (κ1) is 9.93. The standard InChI is InChI=1S/C10H16O4/c11-10(12)9(7-3-4-7)14-6-8-2-1-5-13-8/h7-9H,1-6H2,(H,11,12). The van der Waals surface area contributed by atoms with Crippen LogP contribution in [-0.2, 0) is 14.3 Å². The molecule has 80 valence electrons. The number of hydrogen-bond acceptors (Lipinski definition) is 3. The number of carboxylic acid groups (broad SMARTS) is 1. The van der Waals surface area contributed by atoms with Crippen molar-refractivity contribution < 1.29 is 19.4 Å². The molecule has 1 N–H and O–H groups in total. The monoisotopic (exact) mass is 200 g/mol. The number of aliphatic carboxylic acids is 1. The van der Waals surface area contributed by atoms with E-state index in [0.717, 1.165) is 32.3 Å². The smallest absolute Gasteiger partial charge is 0.333 e. The molecule has 0 spiro atoms. The van der Waals surface area contributed by atoms with E-state index < -0.39 is 12.1 Å². The molecule has 2 aliphatic rings. The van der Waals surface area contributed by atoms with Crippen molar-refractivity contribution in [3.05, 3.63) is 0 Å². The van der Waals surface area contributed by atoms with Crippen LogP contribution < -0.4 is 0 Å². The summed E-state index contributed by atoms with van der Waals surface area (Å²) >= 11 is 0. The maximum Gasteiger partial charge on any atom is 0.333 e. The highest BCUT2D eigenvalue weighted by Crippen LogP contribution is 2.34. The molecule has 1 aliphatic carbocycles. The first-order valence-electron chi connectivity index (χ1n) is 5.23. The van der Waals surface area contributed by atoms with Crippen molar-refractivity contribution in [2.75, 3.05) is 13.2 Å². The van der Waals surface area contributed by atoms with E-state index in [-0.39, 0.29) is 12.0 Å². The Hall–Kier alpha value is -0.610. The van der Waals surface area contributed by atoms with Gasteiger partial charge in [0.15, 0.2) is 6.10 Å². The van der Waals surface area contributed by atoms with Crippen LogP contribution in [0.5, 0.6) is 0 Å². The topological polar surface area (TPSA) is 55.8 Å². The fourth-order valence-electron chi connectivity index (χ4n) is 1.79. The minimum Gasteiger partial charge on any atom is -0.479 e. The maximum absolute atomic E-state index is 10.8. The van der Waals surface area contributed by atoms with E-state index in [2.05, 4.69) is 0 Å². The zero-order valence-corrected chi connectivity index (χ0v) is 8.15. The van der Waals surface area contributed by atoms with Gasteiger partial charge in [0.25, 0.3) is 0 Å². The third-order valence-corrected chi connectivity index (χ3v) is 2.78. The van der Waals surface area contributed by atoms with Gasteiger partial charge in [0, 0.05) is 6.61 Å². The highest BCUT2D eigenvalue weighted by molar-refractivity contribution is 5.73. The summed E-state index contributed by atoms with van der Waals surface area (Å²) in [6.07, 6.45) is 3.56. The maximum atomic E-state index is 10.8. The molecule has 0 amide bonds. The predicted molar refractivity (Wildman–Crippen MR) is 49.1 cm³/mol. The van der Waals surface area contributed by atoms with Gasteiger partial charge in [-0.05, 0) is 31.6 Å². The summed E-state index contributed by atoms with van der Waals surface area (Å²) < 4.78 is 10.8. The van der Waals surface area contributed by atoms with E-state index in [9.17, 15) is 4.79 Å². The van der Waals surface area contributed by atoms with E-state index in [4.69, 9.17) is 14.6 Å². The number of ether oxygens (including phenoxy) is 2. The average molecular weight is 200 g/mol. The first-order chi connectivity index (χ1) is 6.77. The highest BCUT2D eigenvalue weighted by atomic mass is 16.6. The van der Waals surface area contributed by atoms with Crippen molar-refractivity contribution in [1.29, 1.82) is 0 Å². The lowest BCUT2D eigenvalue weighted by molar-refractivity contribution is -0.154. The molecule has 2 rings (SSSR count). The Kier molecular flexibility index (Phi) is 3.03. The molecular formula is C10H16O4. The molecule has 2 unspecified atom stereocenters. The SMILES string of the molecule is O=C(O)C(OCC1CCCO1)C1CC1. The van der Waals surface area contributed by atoms with Gasteiger partial charge in [-0.15, -0.1) is 0 Å². The van der Waals surface area contributed by atoms with Crippen LogP contribution in [0, 0.1) is 5.92 Å². The molecule has 4 nitrogen and oxygen atoms in total. The normalized spacial score (nSPS) is 29.0. The molecule has 0 aromatic heterocycles. The molecule has 1 saturated heterocycles. The molecule has 0 aromatic rings. The van der Waals surface area contributed by atoms with Gasteiger partial charge in [0.05, 0.1) is 12.7 Å². The highest BCUT2D eigenvalue weighted by Gasteiger charge is 2.37. The first-order valence-corrected chi connectivity index (χ1v) is 5.23. The van der Waals surface area contributed by atoms with Crippen molar-refractivity contribution in [2.45, 2.75) is 37.9 Å². The zero-order chi connectivity index (χ0) is 9.97. The second-order valence-electron chi connectivity index (χ2n) is 4.06. The van der Waals surface area contributed by atoms with Crippen molar-refractivity contribution in [3.8, 4) is 0 Å². The molecule has 0 bridgehead atoms. The van der Waals surface area contributed by atoms with Crippen LogP contribution in [0.2, 0.25) is 0 Å².